The van der Waals surface area contributed by atoms with Crippen molar-refractivity contribution in [1.82, 2.24) is 9.13 Å². The Morgan fingerprint density at radius 1 is 1.09 bits per heavy atom. The zero-order valence-electron chi connectivity index (χ0n) is 18.5. The first-order chi connectivity index (χ1) is 15.8. The SMILES string of the molecule is COc1cc([C@H]2CC(c3c(O)n(C)c(=S)n(C)c3=O)=Nc3ccccc3S2)cc(OC)c1O. The van der Waals surface area contributed by atoms with E-state index in [2.05, 4.69) is 0 Å². The number of methoxy groups -OCH3 is 2. The smallest absolute Gasteiger partial charge is 0.267 e. The number of phenols is 1. The summed E-state index contributed by atoms with van der Waals surface area (Å²) in [7, 11) is 6.12. The molecule has 2 heterocycles. The van der Waals surface area contributed by atoms with Gasteiger partial charge < -0.3 is 19.7 Å². The van der Waals surface area contributed by atoms with Crippen molar-refractivity contribution in [2.75, 3.05) is 14.2 Å². The Labute approximate surface area is 199 Å². The summed E-state index contributed by atoms with van der Waals surface area (Å²) >= 11 is 6.83. The molecule has 0 radical (unpaired) electrons. The van der Waals surface area contributed by atoms with Crippen molar-refractivity contribution < 1.29 is 19.7 Å². The maximum absolute atomic E-state index is 13.1. The van der Waals surface area contributed by atoms with E-state index < -0.39 is 5.56 Å². The summed E-state index contributed by atoms with van der Waals surface area (Å²) in [6.07, 6.45) is 0.329. The van der Waals surface area contributed by atoms with Gasteiger partial charge in [-0.15, -0.1) is 11.8 Å². The van der Waals surface area contributed by atoms with Crippen molar-refractivity contribution in [3.8, 4) is 23.1 Å². The lowest BCUT2D eigenvalue weighted by atomic mass is 10.0. The highest BCUT2D eigenvalue weighted by molar-refractivity contribution is 7.99. The van der Waals surface area contributed by atoms with Crippen molar-refractivity contribution >= 4 is 35.4 Å². The number of nitrogens with zero attached hydrogens (tertiary/aromatic N) is 3. The molecule has 3 aromatic rings. The first-order valence-corrected chi connectivity index (χ1v) is 11.3. The Kier molecular flexibility index (Phi) is 6.22. The Balaban J connectivity index is 1.94. The molecule has 1 aliphatic heterocycles. The molecular weight excluding hydrogens is 462 g/mol. The first-order valence-electron chi connectivity index (χ1n) is 10.0. The van der Waals surface area contributed by atoms with E-state index in [1.165, 1.54) is 23.4 Å². The fourth-order valence-electron chi connectivity index (χ4n) is 3.74. The Bertz CT molecular complexity index is 1370. The van der Waals surface area contributed by atoms with E-state index in [4.69, 9.17) is 26.7 Å². The van der Waals surface area contributed by atoms with Crippen LogP contribution in [-0.4, -0.2) is 39.3 Å². The van der Waals surface area contributed by atoms with Gasteiger partial charge in [-0.05, 0) is 42.0 Å². The Morgan fingerprint density at radius 2 is 1.73 bits per heavy atom. The lowest BCUT2D eigenvalue weighted by Gasteiger charge is -2.19. The van der Waals surface area contributed by atoms with Crippen LogP contribution in [0, 0.1) is 4.77 Å². The van der Waals surface area contributed by atoms with E-state index in [0.717, 1.165) is 10.5 Å². The van der Waals surface area contributed by atoms with E-state index >= 15 is 0 Å². The standard InChI is InChI=1S/C23H23N3O5S2/c1-25-21(28)19(22(29)26(2)23(25)32)14-11-18(33-17-8-6-5-7-13(17)24-14)12-9-15(30-3)20(27)16(10-12)31-4/h5-10,18,27-28H,11H2,1-4H3/t18-/m1/s1. The number of thioether (sulfide) groups is 1. The van der Waals surface area contributed by atoms with Gasteiger partial charge in [-0.3, -0.25) is 18.9 Å². The molecule has 0 saturated heterocycles. The molecule has 0 bridgehead atoms. The van der Waals surface area contributed by atoms with E-state index in [-0.39, 0.29) is 38.7 Å². The van der Waals surface area contributed by atoms with E-state index in [1.807, 2.05) is 24.3 Å². The van der Waals surface area contributed by atoms with Gasteiger partial charge in [-0.2, -0.15) is 0 Å². The van der Waals surface area contributed by atoms with Gasteiger partial charge in [0.15, 0.2) is 16.3 Å². The van der Waals surface area contributed by atoms with E-state index in [0.29, 0.717) is 17.8 Å². The van der Waals surface area contributed by atoms with E-state index in [1.54, 1.807) is 38.0 Å². The van der Waals surface area contributed by atoms with Gasteiger partial charge in [0, 0.05) is 30.7 Å². The largest absolute Gasteiger partial charge is 0.502 e. The van der Waals surface area contributed by atoms with Crippen molar-refractivity contribution in [3.05, 3.63) is 62.6 Å². The summed E-state index contributed by atoms with van der Waals surface area (Å²) in [6.45, 7) is 0. The van der Waals surface area contributed by atoms with Gasteiger partial charge >= 0.3 is 0 Å². The van der Waals surface area contributed by atoms with Crippen LogP contribution in [0.15, 0.2) is 51.1 Å². The average Bonchev–Trinajstić information content (AvgIpc) is 3.01. The number of benzene rings is 2. The molecule has 4 rings (SSSR count). The van der Waals surface area contributed by atoms with Gasteiger partial charge in [0.2, 0.25) is 11.6 Å². The van der Waals surface area contributed by atoms with Crippen LogP contribution >= 0.6 is 24.0 Å². The third-order valence-corrected chi connectivity index (χ3v) is 7.44. The van der Waals surface area contributed by atoms with Crippen LogP contribution in [0.4, 0.5) is 5.69 Å². The third-order valence-electron chi connectivity index (χ3n) is 5.56. The lowest BCUT2D eigenvalue weighted by Crippen LogP contribution is -2.29. The second-order valence-corrected chi connectivity index (χ2v) is 9.12. The molecule has 0 aliphatic carbocycles. The maximum atomic E-state index is 13.1. The molecule has 8 nitrogen and oxygen atoms in total. The first kappa shape index (κ1) is 22.9. The molecule has 1 aromatic heterocycles. The monoisotopic (exact) mass is 485 g/mol. The molecule has 1 aliphatic rings. The Morgan fingerprint density at radius 3 is 2.36 bits per heavy atom. The highest BCUT2D eigenvalue weighted by Gasteiger charge is 2.28. The predicted molar refractivity (Wildman–Crippen MR) is 130 cm³/mol. The van der Waals surface area contributed by atoms with E-state index in [9.17, 15) is 15.0 Å². The molecule has 1 atom stereocenters. The molecule has 33 heavy (non-hydrogen) atoms. The van der Waals surface area contributed by atoms with Crippen molar-refractivity contribution in [1.29, 1.82) is 0 Å². The van der Waals surface area contributed by atoms with Gasteiger partial charge in [0.05, 0.1) is 25.6 Å². The molecule has 0 amide bonds. The third kappa shape index (κ3) is 4.00. The van der Waals surface area contributed by atoms with Crippen LogP contribution in [0.25, 0.3) is 0 Å². The number of hydrogen-bond acceptors (Lipinski definition) is 8. The minimum atomic E-state index is -0.418. The molecule has 0 saturated carbocycles. The lowest BCUT2D eigenvalue weighted by molar-refractivity contribution is 0.339. The second-order valence-electron chi connectivity index (χ2n) is 7.52. The molecule has 0 spiro atoms. The second kappa shape index (κ2) is 8.95. The van der Waals surface area contributed by atoms with Gasteiger partial charge in [-0.25, -0.2) is 0 Å². The summed E-state index contributed by atoms with van der Waals surface area (Å²) in [4.78, 5) is 18.8. The number of aliphatic imine (C=N–C) groups is 1. The Hall–Kier alpha value is -3.24. The average molecular weight is 486 g/mol. The highest BCUT2D eigenvalue weighted by atomic mass is 32.2. The number of rotatable bonds is 4. The normalized spacial score (nSPS) is 15.4. The molecule has 2 N–H and O–H groups in total. The molecule has 0 unspecified atom stereocenters. The summed E-state index contributed by atoms with van der Waals surface area (Å²) in [6, 6.07) is 11.1. The van der Waals surface area contributed by atoms with Crippen LogP contribution < -0.4 is 15.0 Å². The quantitative estimate of drug-likeness (QED) is 0.534. The van der Waals surface area contributed by atoms with Crippen LogP contribution in [0.1, 0.15) is 22.8 Å². The summed E-state index contributed by atoms with van der Waals surface area (Å²) < 4.78 is 13.6. The summed E-state index contributed by atoms with van der Waals surface area (Å²) in [5.74, 6) is 0.241. The maximum Gasteiger partial charge on any atom is 0.267 e. The number of fused-ring (bicyclic) bond motifs is 1. The summed E-state index contributed by atoms with van der Waals surface area (Å²) in [5.41, 5.74) is 1.64. The minimum Gasteiger partial charge on any atom is -0.502 e. The zero-order valence-corrected chi connectivity index (χ0v) is 20.2. The number of ether oxygens (including phenoxy) is 2. The van der Waals surface area contributed by atoms with Crippen LogP contribution in [0.3, 0.4) is 0 Å². The topological polar surface area (TPSA) is 98.2 Å². The molecule has 2 aromatic carbocycles. The van der Waals surface area contributed by atoms with Gasteiger partial charge in [0.1, 0.15) is 5.56 Å². The van der Waals surface area contributed by atoms with Gasteiger partial charge in [0.25, 0.3) is 5.56 Å². The number of aromatic hydroxyl groups is 2. The fourth-order valence-corrected chi connectivity index (χ4v) is 5.12. The molecule has 172 valence electrons. The van der Waals surface area contributed by atoms with Gasteiger partial charge in [-0.1, -0.05) is 12.1 Å². The molecule has 0 fully saturated rings. The van der Waals surface area contributed by atoms with Crippen molar-refractivity contribution in [3.63, 3.8) is 0 Å². The number of phenolic OH excluding ortho intramolecular Hbond substituents is 1. The predicted octanol–water partition coefficient (Wildman–Crippen LogP) is 4.24. The van der Waals surface area contributed by atoms with Crippen LogP contribution in [-0.2, 0) is 14.1 Å². The van der Waals surface area contributed by atoms with Crippen LogP contribution in [0.5, 0.6) is 23.1 Å². The number of aromatic nitrogens is 2. The van der Waals surface area contributed by atoms with Crippen molar-refractivity contribution in [2.45, 2.75) is 16.6 Å². The minimum absolute atomic E-state index is 0.0868. The number of para-hydroxylation sites is 1. The molecular formula is C23H23N3O5S2. The summed E-state index contributed by atoms with van der Waals surface area (Å²) in [5, 5.41) is 21.0. The number of hydrogen-bond donors (Lipinski definition) is 2. The zero-order chi connectivity index (χ0) is 23.9. The fraction of sp³-hybridized carbons (Fsp3) is 0.261. The van der Waals surface area contributed by atoms with Crippen LogP contribution in [0.2, 0.25) is 0 Å². The highest BCUT2D eigenvalue weighted by Crippen LogP contribution is 2.48. The molecule has 10 heteroatoms. The van der Waals surface area contributed by atoms with Crippen molar-refractivity contribution in [2.24, 2.45) is 19.1 Å².